The fraction of sp³-hybridized carbons (Fsp3) is 0.500. The monoisotopic (exact) mass is 300 g/mol. The Morgan fingerprint density at radius 1 is 1.05 bits per heavy atom. The van der Waals surface area contributed by atoms with Crippen molar-refractivity contribution in [1.82, 2.24) is 14.9 Å². The van der Waals surface area contributed by atoms with Crippen molar-refractivity contribution in [2.24, 2.45) is 0 Å². The Morgan fingerprint density at radius 2 is 1.86 bits per heavy atom. The smallest absolute Gasteiger partial charge is 0.145 e. The normalized spacial score (nSPS) is 26.4. The highest BCUT2D eigenvalue weighted by atomic mass is 16.5. The van der Waals surface area contributed by atoms with Crippen LogP contribution in [-0.2, 0) is 9.47 Å². The molecule has 4 rings (SSSR count). The molecule has 2 atom stereocenters. The van der Waals surface area contributed by atoms with Gasteiger partial charge in [-0.3, -0.25) is 9.88 Å². The molecule has 6 nitrogen and oxygen atoms in total. The summed E-state index contributed by atoms with van der Waals surface area (Å²) in [4.78, 5) is 11.6. The van der Waals surface area contributed by atoms with E-state index in [9.17, 15) is 0 Å². The molecular formula is C16H20N4O2. The molecule has 1 N–H and O–H groups in total. The number of para-hydroxylation sites is 2. The zero-order valence-electron chi connectivity index (χ0n) is 12.4. The van der Waals surface area contributed by atoms with E-state index in [0.717, 1.165) is 49.8 Å². The Morgan fingerprint density at radius 3 is 2.73 bits per heavy atom. The summed E-state index contributed by atoms with van der Waals surface area (Å²) in [6.45, 7) is 5.01. The van der Waals surface area contributed by atoms with Gasteiger partial charge in [-0.15, -0.1) is 0 Å². The van der Waals surface area contributed by atoms with E-state index in [1.807, 2.05) is 24.3 Å². The van der Waals surface area contributed by atoms with Crippen molar-refractivity contribution >= 4 is 16.9 Å². The van der Waals surface area contributed by atoms with Gasteiger partial charge in [0.15, 0.2) is 0 Å². The van der Waals surface area contributed by atoms with Crippen molar-refractivity contribution in [2.75, 3.05) is 44.8 Å². The molecule has 2 aliphatic heterocycles. The number of morpholine rings is 1. The maximum absolute atomic E-state index is 5.69. The third-order valence-corrected chi connectivity index (χ3v) is 4.35. The number of nitrogens with one attached hydrogen (secondary N) is 1. The number of anilines is 1. The molecule has 6 heteroatoms. The average Bonchev–Trinajstić information content (AvgIpc) is 3.04. The molecule has 3 heterocycles. The van der Waals surface area contributed by atoms with Crippen LogP contribution >= 0.6 is 0 Å². The molecular weight excluding hydrogens is 280 g/mol. The molecule has 0 amide bonds. The largest absolute Gasteiger partial charge is 0.379 e. The minimum atomic E-state index is 0.244. The van der Waals surface area contributed by atoms with Gasteiger partial charge in [0.25, 0.3) is 0 Å². The third-order valence-electron chi connectivity index (χ3n) is 4.35. The van der Waals surface area contributed by atoms with Gasteiger partial charge in [0.1, 0.15) is 5.82 Å². The van der Waals surface area contributed by atoms with Crippen molar-refractivity contribution in [1.29, 1.82) is 0 Å². The lowest BCUT2D eigenvalue weighted by molar-refractivity contribution is 0.0130. The number of nitrogens with zero attached hydrogens (tertiary/aromatic N) is 3. The number of ether oxygens (including phenoxy) is 2. The maximum Gasteiger partial charge on any atom is 0.145 e. The molecule has 0 aliphatic carbocycles. The van der Waals surface area contributed by atoms with Crippen LogP contribution in [0.1, 0.15) is 0 Å². The Labute approximate surface area is 129 Å². The van der Waals surface area contributed by atoms with Crippen molar-refractivity contribution in [3.8, 4) is 0 Å². The van der Waals surface area contributed by atoms with E-state index in [0.29, 0.717) is 12.6 Å². The quantitative estimate of drug-likeness (QED) is 0.917. The minimum absolute atomic E-state index is 0.244. The molecule has 2 aromatic rings. The Hall–Kier alpha value is -1.76. The van der Waals surface area contributed by atoms with E-state index >= 15 is 0 Å². The first-order chi connectivity index (χ1) is 10.9. The summed E-state index contributed by atoms with van der Waals surface area (Å²) in [6.07, 6.45) is 1.80. The first kappa shape index (κ1) is 13.9. The SMILES string of the molecule is c1ccc2nc(N[C@H]3COC[C@@H]3N3CCOCC3)cnc2c1. The van der Waals surface area contributed by atoms with Gasteiger partial charge in [0.2, 0.25) is 0 Å². The minimum Gasteiger partial charge on any atom is -0.379 e. The van der Waals surface area contributed by atoms with E-state index in [4.69, 9.17) is 9.47 Å². The van der Waals surface area contributed by atoms with Crippen molar-refractivity contribution in [3.63, 3.8) is 0 Å². The van der Waals surface area contributed by atoms with E-state index in [1.165, 1.54) is 0 Å². The fourth-order valence-corrected chi connectivity index (χ4v) is 3.17. The molecule has 116 valence electrons. The molecule has 0 unspecified atom stereocenters. The summed E-state index contributed by atoms with van der Waals surface area (Å²) >= 11 is 0. The zero-order valence-corrected chi connectivity index (χ0v) is 12.4. The second-order valence-electron chi connectivity index (χ2n) is 5.75. The predicted molar refractivity (Wildman–Crippen MR) is 83.9 cm³/mol. The topological polar surface area (TPSA) is 59.5 Å². The van der Waals surface area contributed by atoms with Gasteiger partial charge in [0, 0.05) is 13.1 Å². The van der Waals surface area contributed by atoms with E-state index in [-0.39, 0.29) is 6.04 Å². The molecule has 1 aromatic carbocycles. The highest BCUT2D eigenvalue weighted by molar-refractivity contribution is 5.75. The average molecular weight is 300 g/mol. The van der Waals surface area contributed by atoms with Crippen LogP contribution in [0.5, 0.6) is 0 Å². The van der Waals surface area contributed by atoms with Gasteiger partial charge in [-0.05, 0) is 12.1 Å². The highest BCUT2D eigenvalue weighted by Gasteiger charge is 2.34. The zero-order chi connectivity index (χ0) is 14.8. The second-order valence-corrected chi connectivity index (χ2v) is 5.75. The Kier molecular flexibility index (Phi) is 3.88. The highest BCUT2D eigenvalue weighted by Crippen LogP contribution is 2.19. The predicted octanol–water partition coefficient (Wildman–Crippen LogP) is 1.14. The maximum atomic E-state index is 5.69. The van der Waals surface area contributed by atoms with Crippen molar-refractivity contribution in [2.45, 2.75) is 12.1 Å². The van der Waals surface area contributed by atoms with Gasteiger partial charge in [-0.1, -0.05) is 12.1 Å². The number of hydrogen-bond acceptors (Lipinski definition) is 6. The lowest BCUT2D eigenvalue weighted by Crippen LogP contribution is -2.50. The van der Waals surface area contributed by atoms with Crippen LogP contribution in [0.3, 0.4) is 0 Å². The molecule has 0 bridgehead atoms. The molecule has 0 saturated carbocycles. The summed E-state index contributed by atoms with van der Waals surface area (Å²) in [6, 6.07) is 8.53. The molecule has 2 fully saturated rings. The summed E-state index contributed by atoms with van der Waals surface area (Å²) in [7, 11) is 0. The van der Waals surface area contributed by atoms with E-state index in [2.05, 4.69) is 20.2 Å². The van der Waals surface area contributed by atoms with Crippen LogP contribution in [0.15, 0.2) is 30.5 Å². The summed E-state index contributed by atoms with van der Waals surface area (Å²) < 4.78 is 11.1. The standard InChI is InChI=1S/C16H20N4O2/c1-2-4-13-12(3-1)17-9-16(18-13)19-14-10-22-11-15(14)20-5-7-21-8-6-20/h1-4,9,14-15H,5-8,10-11H2,(H,18,19)/t14-,15-/m0/s1. The molecule has 0 spiro atoms. The molecule has 2 aliphatic rings. The Bertz CT molecular complexity index is 645. The van der Waals surface area contributed by atoms with Gasteiger partial charge in [-0.2, -0.15) is 0 Å². The van der Waals surface area contributed by atoms with Gasteiger partial charge < -0.3 is 14.8 Å². The van der Waals surface area contributed by atoms with Crippen LogP contribution in [0, 0.1) is 0 Å². The van der Waals surface area contributed by atoms with Gasteiger partial charge in [0.05, 0.1) is 55.7 Å². The molecule has 0 radical (unpaired) electrons. The molecule has 2 saturated heterocycles. The first-order valence-corrected chi connectivity index (χ1v) is 7.78. The van der Waals surface area contributed by atoms with Crippen LogP contribution < -0.4 is 5.32 Å². The summed E-state index contributed by atoms with van der Waals surface area (Å²) in [5.41, 5.74) is 1.83. The number of fused-ring (bicyclic) bond motifs is 1. The molecule has 1 aromatic heterocycles. The van der Waals surface area contributed by atoms with Crippen LogP contribution in [0.4, 0.5) is 5.82 Å². The van der Waals surface area contributed by atoms with Crippen molar-refractivity contribution in [3.05, 3.63) is 30.5 Å². The lowest BCUT2D eigenvalue weighted by Gasteiger charge is -2.34. The summed E-state index contributed by atoms with van der Waals surface area (Å²) in [5, 5.41) is 3.50. The number of aromatic nitrogens is 2. The number of benzene rings is 1. The summed E-state index contributed by atoms with van der Waals surface area (Å²) in [5.74, 6) is 0.812. The first-order valence-electron chi connectivity index (χ1n) is 7.78. The Balaban J connectivity index is 1.50. The molecule has 22 heavy (non-hydrogen) atoms. The third kappa shape index (κ3) is 2.77. The lowest BCUT2D eigenvalue weighted by atomic mass is 10.1. The van der Waals surface area contributed by atoms with E-state index in [1.54, 1.807) is 6.20 Å². The van der Waals surface area contributed by atoms with Crippen LogP contribution in [0.2, 0.25) is 0 Å². The number of hydrogen-bond donors (Lipinski definition) is 1. The van der Waals surface area contributed by atoms with Crippen LogP contribution in [-0.4, -0.2) is 66.5 Å². The van der Waals surface area contributed by atoms with Gasteiger partial charge >= 0.3 is 0 Å². The second kappa shape index (κ2) is 6.16. The number of rotatable bonds is 3. The fourth-order valence-electron chi connectivity index (χ4n) is 3.17. The van der Waals surface area contributed by atoms with Gasteiger partial charge in [-0.25, -0.2) is 4.98 Å². The van der Waals surface area contributed by atoms with E-state index < -0.39 is 0 Å². The van der Waals surface area contributed by atoms with Crippen molar-refractivity contribution < 1.29 is 9.47 Å². The van der Waals surface area contributed by atoms with Crippen LogP contribution in [0.25, 0.3) is 11.0 Å².